The molecule has 0 N–H and O–H groups in total. The van der Waals surface area contributed by atoms with Crippen LogP contribution < -0.4 is 41.3 Å². The molecule has 4 aliphatic carbocycles. The van der Waals surface area contributed by atoms with Gasteiger partial charge in [-0.3, -0.25) is 0 Å². The molecule has 0 radical (unpaired) electrons. The number of methoxy groups -OCH3 is 2. The Morgan fingerprint density at radius 2 is 0.756 bits per heavy atom. The first-order chi connectivity index (χ1) is 40.2. The molecule has 86 heavy (non-hydrogen) atoms. The summed E-state index contributed by atoms with van der Waals surface area (Å²) < 4.78 is 105. The minimum atomic E-state index is -4.40. The summed E-state index contributed by atoms with van der Waals surface area (Å²) in [6, 6.07) is 51.1. The zero-order valence-electron chi connectivity index (χ0n) is 53.8. The molecule has 4 fully saturated rings. The average Bonchev–Trinajstić information content (AvgIpc) is 1.41. The molecule has 4 saturated carbocycles. The van der Waals surface area contributed by atoms with Gasteiger partial charge in [-0.25, -0.2) is 16.8 Å². The van der Waals surface area contributed by atoms with Gasteiger partial charge in [0.1, 0.15) is 11.5 Å². The van der Waals surface area contributed by atoms with Crippen molar-refractivity contribution < 1.29 is 35.2 Å². The van der Waals surface area contributed by atoms with E-state index < -0.39 is 61.6 Å². The topological polar surface area (TPSA) is 130 Å². The van der Waals surface area contributed by atoms with Crippen LogP contribution in [0.2, 0.25) is 36.3 Å². The number of hydrogen-bond donors (Lipinski definition) is 0. The molecule has 6 atom stereocenters. The number of sulfonamides is 2. The van der Waals surface area contributed by atoms with E-state index in [4.69, 9.17) is 26.6 Å². The van der Waals surface area contributed by atoms with Gasteiger partial charge in [-0.2, -0.15) is 8.30 Å². The second-order valence-corrected chi connectivity index (χ2v) is 48.7. The first-order valence-corrected chi connectivity index (χ1v) is 43.4. The first kappa shape index (κ1) is 64.6. The Labute approximate surface area is 518 Å². The van der Waals surface area contributed by atoms with Gasteiger partial charge in [-0.1, -0.05) is 215 Å². The molecule has 10 rings (SSSR count). The van der Waals surface area contributed by atoms with Crippen LogP contribution in [0, 0.1) is 33.5 Å². The van der Waals surface area contributed by atoms with Crippen molar-refractivity contribution in [2.75, 3.05) is 25.7 Å². The molecule has 0 aliphatic heterocycles. The SMILES string of the molecule is COc1cccc(P(=NS(=O)(=O)CC23CCC(CC2O[Si](C)(C)C(C)(C)C)C3(C)C)(c2ccccc2)c2ccccc2)c1-c1c(OC)cccc1P(=NS(=O)(=O)CC12CCC(CC1O[Si](C)(C)C(C)(C)C)C2(C)C)(c1ccccc1)c1ccccc1. The van der Waals surface area contributed by atoms with Crippen molar-refractivity contribution in [2.45, 2.75) is 156 Å². The van der Waals surface area contributed by atoms with Crippen molar-refractivity contribution in [3.8, 4) is 22.6 Å². The van der Waals surface area contributed by atoms with Crippen LogP contribution in [0.25, 0.3) is 11.1 Å². The zero-order chi connectivity index (χ0) is 62.4. The maximum Gasteiger partial charge on any atom is 0.253 e. The molecule has 0 amide bonds. The molecular weight excluding hydrogens is 1180 g/mol. The van der Waals surface area contributed by atoms with Crippen LogP contribution in [0.4, 0.5) is 0 Å². The molecule has 4 bridgehead atoms. The van der Waals surface area contributed by atoms with Gasteiger partial charge in [-0.05, 0) is 110 Å². The molecule has 6 aromatic carbocycles. The minimum absolute atomic E-state index is 0.0852. The van der Waals surface area contributed by atoms with Gasteiger partial charge in [0.25, 0.3) is 20.0 Å². The van der Waals surface area contributed by atoms with E-state index in [0.29, 0.717) is 45.1 Å². The largest absolute Gasteiger partial charge is 0.496 e. The number of nitrogens with zero attached hydrogens (tertiary/aromatic N) is 2. The molecule has 0 heterocycles. The van der Waals surface area contributed by atoms with Gasteiger partial charge >= 0.3 is 0 Å². The maximum absolute atomic E-state index is 16.4. The quantitative estimate of drug-likeness (QED) is 0.0579. The van der Waals surface area contributed by atoms with Crippen LogP contribution in [-0.2, 0) is 28.9 Å². The van der Waals surface area contributed by atoms with Gasteiger partial charge in [-0.15, -0.1) is 0 Å². The van der Waals surface area contributed by atoms with Gasteiger partial charge < -0.3 is 18.3 Å². The highest BCUT2D eigenvalue weighted by Crippen LogP contribution is 2.70. The van der Waals surface area contributed by atoms with Crippen molar-refractivity contribution in [1.82, 2.24) is 0 Å². The Balaban J connectivity index is 1.30. The third-order valence-corrected chi connectivity index (χ3v) is 43.5. The summed E-state index contributed by atoms with van der Waals surface area (Å²) in [7, 11) is -17.8. The van der Waals surface area contributed by atoms with Crippen molar-refractivity contribution in [2.24, 2.45) is 41.8 Å². The molecule has 0 spiro atoms. The van der Waals surface area contributed by atoms with E-state index in [1.54, 1.807) is 14.2 Å². The Morgan fingerprint density at radius 1 is 0.465 bits per heavy atom. The van der Waals surface area contributed by atoms with E-state index in [1.165, 1.54) is 0 Å². The number of hydrogen-bond acceptors (Lipinski definition) is 8. The molecule has 0 saturated heterocycles. The normalized spacial score (nSPS) is 24.0. The molecule has 4 aliphatic rings. The van der Waals surface area contributed by atoms with Crippen LogP contribution >= 0.6 is 14.1 Å². The van der Waals surface area contributed by atoms with Gasteiger partial charge in [0.05, 0.1) is 52.0 Å². The number of ether oxygens (including phenoxy) is 2. The van der Waals surface area contributed by atoms with E-state index in [2.05, 4.69) is 95.4 Å². The summed E-state index contributed by atoms with van der Waals surface area (Å²) >= 11 is 0. The van der Waals surface area contributed by atoms with Crippen molar-refractivity contribution in [3.63, 3.8) is 0 Å². The molecule has 16 heteroatoms. The standard InChI is InChI=1S/C70H94N2O8P2S2Si2/c1-65(2,3)85(13,14)79-61-47-51-43-45-69(61,67(51,7)8)49-83(73,74)71-81(53-31-21-17-22-32-53,54-33-23-18-24-34-54)59-41-29-39-57(77-11)63(59)64-58(78-12)40-30-42-60(64)82(55-35-25-19-26-36-55,56-37-27-20-28-38-56)72-84(75,76)50-70-46-44-52(68(70,9)10)48-62(70)80-86(15,16)66(4,5)6/h17-42,51-52,61-62H,43-50H2,1-16H3. The lowest BCUT2D eigenvalue weighted by molar-refractivity contribution is 0.0236. The predicted octanol–water partition coefficient (Wildman–Crippen LogP) is 15.4. The van der Waals surface area contributed by atoms with Crippen LogP contribution in [0.15, 0.2) is 166 Å². The average molecular weight is 1270 g/mol. The Bertz CT molecular complexity index is 3490. The first-order valence-electron chi connectivity index (χ1n) is 30.9. The second-order valence-electron chi connectivity index (χ2n) is 29.4. The van der Waals surface area contributed by atoms with E-state index in [0.717, 1.165) is 59.7 Å². The smallest absolute Gasteiger partial charge is 0.253 e. The Morgan fingerprint density at radius 3 is 1.01 bits per heavy atom. The van der Waals surface area contributed by atoms with Crippen molar-refractivity contribution in [1.29, 1.82) is 0 Å². The van der Waals surface area contributed by atoms with E-state index in [-0.39, 0.29) is 44.6 Å². The second kappa shape index (κ2) is 22.8. The summed E-state index contributed by atoms with van der Waals surface area (Å²) in [5.74, 6) is 1.10. The zero-order valence-corrected chi connectivity index (χ0v) is 59.3. The lowest BCUT2D eigenvalue weighted by Gasteiger charge is -2.47. The fourth-order valence-electron chi connectivity index (χ4n) is 15.3. The lowest BCUT2D eigenvalue weighted by atomic mass is 9.70. The highest BCUT2D eigenvalue weighted by molar-refractivity contribution is 8.00. The molecule has 462 valence electrons. The number of rotatable bonds is 19. The number of fused-ring (bicyclic) bond motifs is 4. The molecule has 6 unspecified atom stereocenters. The highest BCUT2D eigenvalue weighted by Gasteiger charge is 2.68. The van der Waals surface area contributed by atoms with Crippen LogP contribution in [0.3, 0.4) is 0 Å². The monoisotopic (exact) mass is 1270 g/mol. The van der Waals surface area contributed by atoms with Gasteiger partial charge in [0, 0.05) is 53.8 Å². The van der Waals surface area contributed by atoms with Gasteiger partial charge in [0.2, 0.25) is 0 Å². The lowest BCUT2D eigenvalue weighted by Crippen LogP contribution is -2.52. The highest BCUT2D eigenvalue weighted by atomic mass is 32.2. The maximum atomic E-state index is 16.4. The molecule has 6 aromatic rings. The van der Waals surface area contributed by atoms with E-state index in [9.17, 15) is 0 Å². The summed E-state index contributed by atoms with van der Waals surface area (Å²) in [4.78, 5) is 0. The van der Waals surface area contributed by atoms with Gasteiger partial charge in [0.15, 0.2) is 16.6 Å². The van der Waals surface area contributed by atoms with Crippen molar-refractivity contribution >= 4 is 82.6 Å². The molecular formula is C70H94N2O8P2S2Si2. The fraction of sp³-hybridized carbons (Fsp3) is 0.486. The van der Waals surface area contributed by atoms with Crippen LogP contribution in [-0.4, -0.2) is 71.4 Å². The van der Waals surface area contributed by atoms with E-state index in [1.807, 2.05) is 158 Å². The fourth-order valence-corrected chi connectivity index (χ4v) is 32.2. The molecule has 10 nitrogen and oxygen atoms in total. The summed E-state index contributed by atoms with van der Waals surface area (Å²) in [6.07, 6.45) is 4.38. The predicted molar refractivity (Wildman–Crippen MR) is 366 cm³/mol. The van der Waals surface area contributed by atoms with Crippen LogP contribution in [0.5, 0.6) is 11.5 Å². The third kappa shape index (κ3) is 10.8. The van der Waals surface area contributed by atoms with Crippen LogP contribution in [0.1, 0.15) is 108 Å². The Hall–Kier alpha value is -4.37. The summed E-state index contributed by atoms with van der Waals surface area (Å²) in [5.41, 5.74) is -1.04. The third-order valence-electron chi connectivity index (χ3n) is 22.5. The Kier molecular flexibility index (Phi) is 17.2. The minimum Gasteiger partial charge on any atom is -0.496 e. The van der Waals surface area contributed by atoms with E-state index >= 15 is 16.8 Å². The summed E-state index contributed by atoms with van der Waals surface area (Å²) in [5, 5.41) is 3.96. The summed E-state index contributed by atoms with van der Waals surface area (Å²) in [6.45, 7) is 31.6. The molecule has 0 aromatic heterocycles. The number of benzene rings is 6. The van der Waals surface area contributed by atoms with Crippen molar-refractivity contribution in [3.05, 3.63) is 158 Å².